The Bertz CT molecular complexity index is 765. The number of benzene rings is 2. The fraction of sp³-hybridized carbons (Fsp3) is 0.105. The van der Waals surface area contributed by atoms with Crippen LogP contribution in [-0.4, -0.2) is 4.98 Å². The molecule has 128 valence electrons. The smallest absolute Gasteiger partial charge is 0.386 e. The number of pyridine rings is 1. The van der Waals surface area contributed by atoms with Crippen LogP contribution in [0.15, 0.2) is 85.1 Å². The number of hydrogen-bond acceptors (Lipinski definition) is 5. The molecule has 0 saturated carbocycles. The second-order valence-electron chi connectivity index (χ2n) is 5.22. The van der Waals surface area contributed by atoms with Crippen molar-refractivity contribution in [3.05, 3.63) is 96.2 Å². The van der Waals surface area contributed by atoms with Crippen molar-refractivity contribution in [3.8, 4) is 5.88 Å². The molecule has 0 aliphatic carbocycles. The number of phosphoric acid groups is 1. The van der Waals surface area contributed by atoms with Crippen molar-refractivity contribution in [1.29, 1.82) is 0 Å². The van der Waals surface area contributed by atoms with Gasteiger partial charge in [0, 0.05) is 12.3 Å². The monoisotopic (exact) mass is 355 g/mol. The van der Waals surface area contributed by atoms with Crippen LogP contribution in [0, 0.1) is 0 Å². The lowest BCUT2D eigenvalue weighted by Gasteiger charge is -2.18. The predicted octanol–water partition coefficient (Wildman–Crippen LogP) is 5.00. The van der Waals surface area contributed by atoms with Crippen LogP contribution in [-0.2, 0) is 26.8 Å². The summed E-state index contributed by atoms with van der Waals surface area (Å²) in [6.07, 6.45) is 1.55. The normalized spacial score (nSPS) is 11.2. The van der Waals surface area contributed by atoms with Crippen LogP contribution in [0.25, 0.3) is 0 Å². The van der Waals surface area contributed by atoms with E-state index in [9.17, 15) is 4.57 Å². The highest BCUT2D eigenvalue weighted by molar-refractivity contribution is 7.48. The SMILES string of the molecule is O=P(OCc1ccccc1)(OCc1ccccc1)Oc1ccccn1. The molecular formula is C19H18NO4P. The molecule has 0 aliphatic rings. The van der Waals surface area contributed by atoms with E-state index in [0.717, 1.165) is 11.1 Å². The van der Waals surface area contributed by atoms with E-state index in [2.05, 4.69) is 4.98 Å². The molecule has 1 heterocycles. The average Bonchev–Trinajstić information content (AvgIpc) is 2.68. The number of nitrogens with zero attached hydrogens (tertiary/aromatic N) is 1. The van der Waals surface area contributed by atoms with Crippen molar-refractivity contribution in [2.75, 3.05) is 0 Å². The van der Waals surface area contributed by atoms with Gasteiger partial charge in [-0.15, -0.1) is 0 Å². The lowest BCUT2D eigenvalue weighted by molar-refractivity contribution is 0.142. The standard InChI is InChI=1S/C19H18NO4P/c21-25(24-19-13-7-8-14-20-19,22-15-17-9-3-1-4-10-17)23-16-18-11-5-2-6-12-18/h1-14H,15-16H2. The Morgan fingerprint density at radius 1 is 0.720 bits per heavy atom. The number of aromatic nitrogens is 1. The zero-order valence-corrected chi connectivity index (χ0v) is 14.4. The topological polar surface area (TPSA) is 57.7 Å². The Morgan fingerprint density at radius 3 is 1.72 bits per heavy atom. The molecule has 0 spiro atoms. The highest BCUT2D eigenvalue weighted by Gasteiger charge is 2.29. The first-order chi connectivity index (χ1) is 12.2. The predicted molar refractivity (Wildman–Crippen MR) is 94.9 cm³/mol. The molecule has 0 amide bonds. The molecule has 0 fully saturated rings. The first kappa shape index (κ1) is 17.4. The van der Waals surface area contributed by atoms with Crippen molar-refractivity contribution >= 4 is 7.82 Å². The van der Waals surface area contributed by atoms with Crippen LogP contribution in [0.1, 0.15) is 11.1 Å². The number of hydrogen-bond donors (Lipinski definition) is 0. The van der Waals surface area contributed by atoms with Gasteiger partial charge in [0.05, 0.1) is 13.2 Å². The van der Waals surface area contributed by atoms with E-state index < -0.39 is 7.82 Å². The minimum absolute atomic E-state index is 0.111. The molecule has 0 saturated heterocycles. The zero-order chi connectivity index (χ0) is 17.4. The highest BCUT2D eigenvalue weighted by Crippen LogP contribution is 2.50. The van der Waals surface area contributed by atoms with E-state index in [4.69, 9.17) is 13.6 Å². The third-order valence-corrected chi connectivity index (χ3v) is 4.61. The third kappa shape index (κ3) is 5.54. The van der Waals surface area contributed by atoms with Gasteiger partial charge in [0.2, 0.25) is 5.88 Å². The summed E-state index contributed by atoms with van der Waals surface area (Å²) in [5.74, 6) is 0.187. The van der Waals surface area contributed by atoms with Gasteiger partial charge in [0.25, 0.3) is 0 Å². The van der Waals surface area contributed by atoms with Crippen LogP contribution in [0.4, 0.5) is 0 Å². The molecule has 5 nitrogen and oxygen atoms in total. The maximum Gasteiger partial charge on any atom is 0.531 e. The maximum atomic E-state index is 13.0. The molecule has 3 aromatic rings. The molecule has 0 aliphatic heterocycles. The molecule has 25 heavy (non-hydrogen) atoms. The Kier molecular flexibility index (Phi) is 5.96. The van der Waals surface area contributed by atoms with E-state index in [-0.39, 0.29) is 19.1 Å². The summed E-state index contributed by atoms with van der Waals surface area (Å²) in [7, 11) is -3.83. The Labute approximate surface area is 146 Å². The summed E-state index contributed by atoms with van der Waals surface area (Å²) in [4.78, 5) is 4.02. The van der Waals surface area contributed by atoms with Gasteiger partial charge >= 0.3 is 7.82 Å². The third-order valence-electron chi connectivity index (χ3n) is 3.31. The summed E-state index contributed by atoms with van der Waals surface area (Å²) in [5, 5.41) is 0. The second kappa shape index (κ2) is 8.58. The minimum Gasteiger partial charge on any atom is -0.386 e. The highest BCUT2D eigenvalue weighted by atomic mass is 31.2. The summed E-state index contributed by atoms with van der Waals surface area (Å²) in [5.41, 5.74) is 1.74. The van der Waals surface area contributed by atoms with Gasteiger partial charge in [0.1, 0.15) is 0 Å². The molecule has 6 heteroatoms. The van der Waals surface area contributed by atoms with Crippen molar-refractivity contribution in [1.82, 2.24) is 4.98 Å². The summed E-state index contributed by atoms with van der Waals surface area (Å²) < 4.78 is 29.5. The Morgan fingerprint density at radius 2 is 1.24 bits per heavy atom. The van der Waals surface area contributed by atoms with Gasteiger partial charge in [-0.2, -0.15) is 0 Å². The first-order valence-electron chi connectivity index (χ1n) is 7.81. The van der Waals surface area contributed by atoms with Crippen LogP contribution in [0.5, 0.6) is 5.88 Å². The minimum atomic E-state index is -3.83. The van der Waals surface area contributed by atoms with Gasteiger partial charge in [-0.3, -0.25) is 9.05 Å². The lowest BCUT2D eigenvalue weighted by Crippen LogP contribution is -2.04. The van der Waals surface area contributed by atoms with E-state index in [1.165, 1.54) is 0 Å². The van der Waals surface area contributed by atoms with Gasteiger partial charge in [-0.05, 0) is 17.2 Å². The largest absolute Gasteiger partial charge is 0.531 e. The Balaban J connectivity index is 1.71. The zero-order valence-electron chi connectivity index (χ0n) is 13.5. The molecule has 1 aromatic heterocycles. The van der Waals surface area contributed by atoms with Crippen molar-refractivity contribution in [3.63, 3.8) is 0 Å². The summed E-state index contributed by atoms with van der Waals surface area (Å²) >= 11 is 0. The molecule has 0 radical (unpaired) electrons. The van der Waals surface area contributed by atoms with Crippen LogP contribution >= 0.6 is 7.82 Å². The molecule has 0 N–H and O–H groups in total. The lowest BCUT2D eigenvalue weighted by atomic mass is 10.2. The van der Waals surface area contributed by atoms with E-state index >= 15 is 0 Å². The fourth-order valence-corrected chi connectivity index (χ4v) is 3.19. The van der Waals surface area contributed by atoms with Gasteiger partial charge in [0.15, 0.2) is 0 Å². The van der Waals surface area contributed by atoms with Crippen molar-refractivity contribution < 1.29 is 18.1 Å². The first-order valence-corrected chi connectivity index (χ1v) is 9.27. The van der Waals surface area contributed by atoms with E-state index in [1.807, 2.05) is 60.7 Å². The van der Waals surface area contributed by atoms with Crippen LogP contribution in [0.3, 0.4) is 0 Å². The van der Waals surface area contributed by atoms with Gasteiger partial charge in [-0.25, -0.2) is 9.55 Å². The van der Waals surface area contributed by atoms with Crippen LogP contribution < -0.4 is 4.52 Å². The van der Waals surface area contributed by atoms with Crippen LogP contribution in [0.2, 0.25) is 0 Å². The number of rotatable bonds is 8. The van der Waals surface area contributed by atoms with Gasteiger partial charge in [-0.1, -0.05) is 66.7 Å². The molecule has 0 atom stereocenters. The Hall–Kier alpha value is -2.46. The number of phosphoric ester groups is 1. The van der Waals surface area contributed by atoms with E-state index in [1.54, 1.807) is 24.4 Å². The van der Waals surface area contributed by atoms with Crippen molar-refractivity contribution in [2.24, 2.45) is 0 Å². The van der Waals surface area contributed by atoms with E-state index in [0.29, 0.717) is 0 Å². The molecule has 2 aromatic carbocycles. The summed E-state index contributed by atoms with van der Waals surface area (Å²) in [6.45, 7) is 0.222. The second-order valence-corrected chi connectivity index (χ2v) is 6.82. The fourth-order valence-electron chi connectivity index (χ4n) is 2.06. The maximum absolute atomic E-state index is 13.0. The molecule has 3 rings (SSSR count). The van der Waals surface area contributed by atoms with Gasteiger partial charge < -0.3 is 4.52 Å². The molecular weight excluding hydrogens is 337 g/mol. The average molecular weight is 355 g/mol. The molecule has 0 unspecified atom stereocenters. The quantitative estimate of drug-likeness (QED) is 0.532. The van der Waals surface area contributed by atoms with Crippen molar-refractivity contribution in [2.45, 2.75) is 13.2 Å². The summed E-state index contributed by atoms with van der Waals surface area (Å²) in [6, 6.07) is 23.9. The molecule has 0 bridgehead atoms.